The summed E-state index contributed by atoms with van der Waals surface area (Å²) in [5, 5.41) is 25.2. The van der Waals surface area contributed by atoms with Gasteiger partial charge >= 0.3 is 6.03 Å². The average molecular weight is 450 g/mol. The first-order valence-electron chi connectivity index (χ1n) is 10.6. The molecule has 2 rings (SSSR count). The lowest BCUT2D eigenvalue weighted by Crippen LogP contribution is -2.57. The fourth-order valence-electron chi connectivity index (χ4n) is 3.81. The van der Waals surface area contributed by atoms with Crippen molar-refractivity contribution in [3.8, 4) is 0 Å². The van der Waals surface area contributed by atoms with Crippen LogP contribution in [0, 0.1) is 21.4 Å². The van der Waals surface area contributed by atoms with Crippen molar-refractivity contribution in [1.29, 1.82) is 0 Å². The van der Waals surface area contributed by atoms with Gasteiger partial charge in [-0.05, 0) is 30.2 Å². The molecule has 32 heavy (non-hydrogen) atoms. The second kappa shape index (κ2) is 10.9. The molecule has 0 aliphatic heterocycles. The molecule has 0 saturated heterocycles. The van der Waals surface area contributed by atoms with E-state index in [1.165, 1.54) is 23.1 Å². The number of amides is 4. The van der Waals surface area contributed by atoms with E-state index in [4.69, 9.17) is 5.21 Å². The molecule has 1 saturated carbocycles. The lowest BCUT2D eigenvalue weighted by atomic mass is 9.85. The molecule has 1 atom stereocenters. The van der Waals surface area contributed by atoms with Crippen molar-refractivity contribution < 1.29 is 24.5 Å². The molecular weight excluding hydrogens is 418 g/mol. The zero-order chi connectivity index (χ0) is 23.9. The standard InChI is InChI=1S/C21H31N5O6/c1-21(2,3)18(23-20(29)22-15-10-6-7-11-16(15)26(31)32)19(28)25(13-17(27)24-30)12-14-8-4-5-9-14/h6-7,10-11,14,18,30H,4-5,8-9,12-13H2,1-3H3,(H,24,27)(H2,22,23,29). The Morgan fingerprint density at radius 2 is 1.84 bits per heavy atom. The van der Waals surface area contributed by atoms with Gasteiger partial charge in [0.2, 0.25) is 5.91 Å². The number of hydroxylamine groups is 1. The van der Waals surface area contributed by atoms with E-state index in [-0.39, 0.29) is 23.8 Å². The van der Waals surface area contributed by atoms with Gasteiger partial charge in [-0.3, -0.25) is 24.9 Å². The van der Waals surface area contributed by atoms with E-state index < -0.39 is 34.2 Å². The van der Waals surface area contributed by atoms with Crippen LogP contribution < -0.4 is 16.1 Å². The highest BCUT2D eigenvalue weighted by molar-refractivity contribution is 5.96. The first-order valence-corrected chi connectivity index (χ1v) is 10.6. The Hall–Kier alpha value is -3.21. The number of nitro benzene ring substituents is 1. The van der Waals surface area contributed by atoms with Crippen LogP contribution in [0.25, 0.3) is 0 Å². The highest BCUT2D eigenvalue weighted by atomic mass is 16.6. The summed E-state index contributed by atoms with van der Waals surface area (Å²) in [6, 6.07) is 3.89. The molecule has 1 aliphatic carbocycles. The highest BCUT2D eigenvalue weighted by Crippen LogP contribution is 2.28. The Kier molecular flexibility index (Phi) is 8.53. The van der Waals surface area contributed by atoms with Crippen molar-refractivity contribution in [2.24, 2.45) is 11.3 Å². The Bertz CT molecular complexity index is 847. The topological polar surface area (TPSA) is 154 Å². The fourth-order valence-corrected chi connectivity index (χ4v) is 3.81. The predicted molar refractivity (Wildman–Crippen MR) is 117 cm³/mol. The van der Waals surface area contributed by atoms with Gasteiger partial charge in [0.25, 0.3) is 11.6 Å². The monoisotopic (exact) mass is 449 g/mol. The van der Waals surface area contributed by atoms with Crippen molar-refractivity contribution in [3.05, 3.63) is 34.4 Å². The molecule has 4 amide bonds. The van der Waals surface area contributed by atoms with Gasteiger partial charge < -0.3 is 15.5 Å². The third-order valence-corrected chi connectivity index (χ3v) is 5.46. The average Bonchev–Trinajstić information content (AvgIpc) is 3.23. The number of para-hydroxylation sites is 2. The summed E-state index contributed by atoms with van der Waals surface area (Å²) in [5.74, 6) is -0.953. The van der Waals surface area contributed by atoms with Gasteiger partial charge in [-0.15, -0.1) is 0 Å². The molecule has 1 aromatic rings. The van der Waals surface area contributed by atoms with E-state index in [9.17, 15) is 24.5 Å². The minimum absolute atomic E-state index is 0.00224. The van der Waals surface area contributed by atoms with Gasteiger partial charge in [0.1, 0.15) is 18.3 Å². The number of nitro groups is 1. The van der Waals surface area contributed by atoms with Crippen LogP contribution in [-0.2, 0) is 9.59 Å². The number of hydrogen-bond donors (Lipinski definition) is 4. The fraction of sp³-hybridized carbons (Fsp3) is 0.571. The van der Waals surface area contributed by atoms with Gasteiger partial charge in [0.15, 0.2) is 0 Å². The third kappa shape index (κ3) is 6.91. The molecular formula is C21H31N5O6. The van der Waals surface area contributed by atoms with Crippen molar-refractivity contribution >= 4 is 29.2 Å². The molecule has 1 unspecified atom stereocenters. The number of hydrogen-bond acceptors (Lipinski definition) is 6. The molecule has 1 aliphatic rings. The Labute approximate surface area is 186 Å². The van der Waals surface area contributed by atoms with E-state index in [1.807, 2.05) is 0 Å². The van der Waals surface area contributed by atoms with E-state index >= 15 is 0 Å². The third-order valence-electron chi connectivity index (χ3n) is 5.46. The van der Waals surface area contributed by atoms with Crippen LogP contribution in [0.2, 0.25) is 0 Å². The number of carbonyl (C=O) groups is 3. The van der Waals surface area contributed by atoms with Crippen molar-refractivity contribution in [2.45, 2.75) is 52.5 Å². The van der Waals surface area contributed by atoms with Gasteiger partial charge in [0.05, 0.1) is 4.92 Å². The smallest absolute Gasteiger partial charge is 0.320 e. The summed E-state index contributed by atoms with van der Waals surface area (Å²) in [4.78, 5) is 49.8. The number of anilines is 1. The molecule has 1 fully saturated rings. The Morgan fingerprint density at radius 1 is 1.22 bits per heavy atom. The summed E-state index contributed by atoms with van der Waals surface area (Å²) in [5.41, 5.74) is 0.549. The second-order valence-corrected chi connectivity index (χ2v) is 9.08. The molecule has 0 heterocycles. The quantitative estimate of drug-likeness (QED) is 0.272. The number of nitrogens with one attached hydrogen (secondary N) is 3. The van der Waals surface area contributed by atoms with Crippen LogP contribution in [0.5, 0.6) is 0 Å². The first-order chi connectivity index (χ1) is 15.0. The summed E-state index contributed by atoms with van der Waals surface area (Å²) >= 11 is 0. The lowest BCUT2D eigenvalue weighted by molar-refractivity contribution is -0.383. The van der Waals surface area contributed by atoms with Crippen LogP contribution in [0.1, 0.15) is 46.5 Å². The van der Waals surface area contributed by atoms with Crippen molar-refractivity contribution in [1.82, 2.24) is 15.7 Å². The van der Waals surface area contributed by atoms with Crippen LogP contribution >= 0.6 is 0 Å². The minimum Gasteiger partial charge on any atom is -0.331 e. The van der Waals surface area contributed by atoms with E-state index in [0.29, 0.717) is 6.54 Å². The number of rotatable bonds is 8. The Balaban J connectivity index is 2.20. The molecule has 4 N–H and O–H groups in total. The van der Waals surface area contributed by atoms with Gasteiger partial charge in [-0.25, -0.2) is 10.3 Å². The normalized spacial score (nSPS) is 15.0. The zero-order valence-corrected chi connectivity index (χ0v) is 18.6. The molecule has 11 nitrogen and oxygen atoms in total. The highest BCUT2D eigenvalue weighted by Gasteiger charge is 2.37. The molecule has 0 radical (unpaired) electrons. The maximum atomic E-state index is 13.4. The van der Waals surface area contributed by atoms with E-state index in [0.717, 1.165) is 25.7 Å². The van der Waals surface area contributed by atoms with Gasteiger partial charge in [-0.2, -0.15) is 0 Å². The first kappa shape index (κ1) is 25.1. The van der Waals surface area contributed by atoms with Crippen LogP contribution in [0.4, 0.5) is 16.2 Å². The molecule has 0 bridgehead atoms. The van der Waals surface area contributed by atoms with Crippen LogP contribution in [0.15, 0.2) is 24.3 Å². The summed E-state index contributed by atoms with van der Waals surface area (Å²) in [6.45, 7) is 5.29. The summed E-state index contributed by atoms with van der Waals surface area (Å²) in [7, 11) is 0. The summed E-state index contributed by atoms with van der Waals surface area (Å²) < 4.78 is 0. The van der Waals surface area contributed by atoms with Crippen molar-refractivity contribution in [2.75, 3.05) is 18.4 Å². The van der Waals surface area contributed by atoms with Crippen molar-refractivity contribution in [3.63, 3.8) is 0 Å². The van der Waals surface area contributed by atoms with Gasteiger partial charge in [-0.1, -0.05) is 45.7 Å². The van der Waals surface area contributed by atoms with Gasteiger partial charge in [0, 0.05) is 12.6 Å². The number of benzene rings is 1. The SMILES string of the molecule is CC(C)(C)C(NC(=O)Nc1ccccc1[N+](=O)[O-])C(=O)N(CC(=O)NO)CC1CCCC1. The maximum absolute atomic E-state index is 13.4. The van der Waals surface area contributed by atoms with Crippen LogP contribution in [-0.4, -0.2) is 52.0 Å². The largest absolute Gasteiger partial charge is 0.331 e. The summed E-state index contributed by atoms with van der Waals surface area (Å²) in [6.07, 6.45) is 3.99. The lowest BCUT2D eigenvalue weighted by Gasteiger charge is -2.35. The molecule has 176 valence electrons. The molecule has 0 spiro atoms. The molecule has 1 aromatic carbocycles. The molecule has 0 aromatic heterocycles. The number of nitrogens with zero attached hydrogens (tertiary/aromatic N) is 2. The predicted octanol–water partition coefficient (Wildman–Crippen LogP) is 2.66. The Morgan fingerprint density at radius 3 is 2.41 bits per heavy atom. The zero-order valence-electron chi connectivity index (χ0n) is 18.6. The van der Waals surface area contributed by atoms with E-state index in [2.05, 4.69) is 10.6 Å². The second-order valence-electron chi connectivity index (χ2n) is 9.08. The maximum Gasteiger partial charge on any atom is 0.320 e. The minimum atomic E-state index is -1.02. The van der Waals surface area contributed by atoms with Crippen LogP contribution in [0.3, 0.4) is 0 Å². The van der Waals surface area contributed by atoms with E-state index in [1.54, 1.807) is 32.3 Å². The number of carbonyl (C=O) groups excluding carboxylic acids is 3. The molecule has 11 heteroatoms. The number of urea groups is 1.